The molecule has 103 heavy (non-hydrogen) atoms. The molecule has 3 spiro atoms. The molecule has 13 nitrogen and oxygen atoms in total. The van der Waals surface area contributed by atoms with E-state index in [9.17, 15) is 29.1 Å². The van der Waals surface area contributed by atoms with Gasteiger partial charge in [-0.15, -0.1) is 0 Å². The Morgan fingerprint density at radius 1 is 0.476 bits per heavy atom. The first-order valence-electron chi connectivity index (χ1n) is 40.6. The average molecular weight is 1600 g/mol. The fourth-order valence-corrected chi connectivity index (χ4v) is 28.9. The van der Waals surface area contributed by atoms with Crippen molar-refractivity contribution in [3.8, 4) is 0 Å². The second-order valence-corrected chi connectivity index (χ2v) is 38.8. The number of hydrogen-bond donors (Lipinski definition) is 3. The number of nitrogens with zero attached hydrogens (tertiary/aromatic N) is 2. The SMILES string of the molecule is CC(C(=O)O)C1CC2(CCN(C(=O)CC3C4CC5CC(C4)CC3C5)CC2)c2c(Br)cccc21.CCOC(=O)C(C)C1CC2(CCN(C(=O)CC3C4CC5CC(C4)CC3C5)CC2)c2c(Br)cccc21.CCOC(=O)C(C)C1CC2(CCNCC2)c2c(Br)cccc21.NC1C2CC3CC(C2)CC1C3.[Li+].[OH-]. The zero-order valence-electron chi connectivity index (χ0n) is 62.7. The maximum atomic E-state index is 13.5. The van der Waals surface area contributed by atoms with Gasteiger partial charge < -0.3 is 40.9 Å². The number of benzene rings is 3. The predicted octanol–water partition coefficient (Wildman–Crippen LogP) is 14.8. The number of carbonyl (C=O) groups excluding carboxylic acids is 4. The molecule has 12 bridgehead atoms. The van der Waals surface area contributed by atoms with Gasteiger partial charge in [0.25, 0.3) is 0 Å². The number of halogens is 3. The molecular formula is C86H118Br3LiN4O9. The first kappa shape index (κ1) is 78.1. The summed E-state index contributed by atoms with van der Waals surface area (Å²) in [5, 5.41) is 13.2. The van der Waals surface area contributed by atoms with E-state index in [1.54, 1.807) is 6.42 Å². The number of carboxylic acids is 1. The van der Waals surface area contributed by atoms with Gasteiger partial charge in [0.2, 0.25) is 11.8 Å². The smallest absolute Gasteiger partial charge is 0.870 e. The maximum absolute atomic E-state index is 13.5. The minimum atomic E-state index is -0.716. The molecule has 2 amide bonds. The summed E-state index contributed by atoms with van der Waals surface area (Å²) in [5.74, 6) is 12.1. The van der Waals surface area contributed by atoms with Crippen LogP contribution in [0.15, 0.2) is 68.0 Å². The van der Waals surface area contributed by atoms with Gasteiger partial charge in [0.05, 0.1) is 31.0 Å². The van der Waals surface area contributed by atoms with E-state index in [1.165, 1.54) is 128 Å². The molecule has 17 heteroatoms. The molecule has 3 aliphatic heterocycles. The molecule has 18 aliphatic rings. The van der Waals surface area contributed by atoms with E-state index in [2.05, 4.69) is 111 Å². The van der Waals surface area contributed by atoms with Crippen molar-refractivity contribution in [2.24, 2.45) is 106 Å². The fraction of sp³-hybridized carbons (Fsp3) is 0.733. The van der Waals surface area contributed by atoms with Gasteiger partial charge in [-0.2, -0.15) is 0 Å². The summed E-state index contributed by atoms with van der Waals surface area (Å²) in [6, 6.07) is 19.7. The van der Waals surface area contributed by atoms with Crippen molar-refractivity contribution in [3.05, 3.63) is 101 Å². The van der Waals surface area contributed by atoms with Crippen LogP contribution in [0.3, 0.4) is 0 Å². The molecule has 21 rings (SSSR count). The number of hydrogen-bond acceptors (Lipinski definition) is 10. The first-order chi connectivity index (χ1) is 48.6. The number of ether oxygens (including phenoxy) is 2. The van der Waals surface area contributed by atoms with Crippen molar-refractivity contribution in [1.29, 1.82) is 0 Å². The Hall–Kier alpha value is -3.07. The molecule has 6 unspecified atom stereocenters. The normalized spacial score (nSPS) is 35.3. The summed E-state index contributed by atoms with van der Waals surface area (Å²) in [6.45, 7) is 15.9. The average Bonchev–Trinajstić information content (AvgIpc) is 1.57. The van der Waals surface area contributed by atoms with Crippen LogP contribution in [0, 0.1) is 101 Å². The molecule has 558 valence electrons. The maximum Gasteiger partial charge on any atom is 1.00 e. The van der Waals surface area contributed by atoms with Gasteiger partial charge in [0.15, 0.2) is 0 Å². The number of esters is 2. The summed E-state index contributed by atoms with van der Waals surface area (Å²) in [5.41, 5.74) is 14.4. The van der Waals surface area contributed by atoms with E-state index in [0.29, 0.717) is 42.9 Å². The van der Waals surface area contributed by atoms with Gasteiger partial charge in [-0.3, -0.25) is 24.0 Å². The summed E-state index contributed by atoms with van der Waals surface area (Å²) in [4.78, 5) is 67.9. The summed E-state index contributed by atoms with van der Waals surface area (Å²) >= 11 is 11.4. The van der Waals surface area contributed by atoms with Crippen molar-refractivity contribution in [2.75, 3.05) is 52.5 Å². The molecule has 3 aromatic carbocycles. The van der Waals surface area contributed by atoms with Crippen molar-refractivity contribution in [2.45, 2.75) is 242 Å². The number of nitrogens with one attached hydrogen (secondary N) is 1. The Bertz CT molecular complexity index is 3480. The molecule has 6 atom stereocenters. The number of piperidine rings is 3. The standard InChI is InChI=1S/C30H40BrNO3.C28H36BrNO3.C18H24BrNO2.C10H17N.Li.H2O/c1-3-35-29(34)18(2)25-17-30(28-23(25)5-4-6-26(28)31)7-9-32(10-8-30)27(33)16-24-21-12-19-11-20(14-21)15-22(24)13-19;1-16(27(32)33)23-15-28(26-21(23)3-2-4-24(26)29)5-7-30(8-6-28)25(31)14-22-19-10-17-9-18(12-19)13-20(22)11-17;1-3-22-17(21)12(2)14-11-18(7-9-20-10-8-18)16-13(14)5-4-6-15(16)19;11-10-8-2-6-1-7(4-8)5-9(10)3-6;;/h4-6,18-22,24-25H,3,7-17H2,1-2H3;2-4,16-20,22-23H,5-15H2,1H3,(H,32,33);4-6,12,14,20H,3,7-11H2,1-2H3;6-10H,1-5,11H2;;1H2/q;;;;+1;/p-1. The van der Waals surface area contributed by atoms with E-state index in [0.717, 1.165) is 190 Å². The molecule has 15 aliphatic carbocycles. The van der Waals surface area contributed by atoms with Crippen LogP contribution in [0.5, 0.6) is 0 Å². The molecule has 12 saturated carbocycles. The Kier molecular flexibility index (Phi) is 24.3. The monoisotopic (exact) mass is 1590 g/mol. The van der Waals surface area contributed by atoms with Crippen molar-refractivity contribution < 1.29 is 62.9 Å². The van der Waals surface area contributed by atoms with Crippen molar-refractivity contribution in [3.63, 3.8) is 0 Å². The molecule has 5 N–H and O–H groups in total. The van der Waals surface area contributed by atoms with Gasteiger partial charge in [-0.1, -0.05) is 105 Å². The zero-order chi connectivity index (χ0) is 70.4. The number of carboxylic acid groups (broad SMARTS) is 1. The Morgan fingerprint density at radius 3 is 1.07 bits per heavy atom. The third kappa shape index (κ3) is 15.1. The van der Waals surface area contributed by atoms with E-state index >= 15 is 0 Å². The van der Waals surface area contributed by atoms with Crippen LogP contribution in [-0.4, -0.2) is 109 Å². The second kappa shape index (κ2) is 32.1. The Labute approximate surface area is 652 Å². The number of aliphatic carboxylic acids is 1. The van der Waals surface area contributed by atoms with Crippen LogP contribution < -0.4 is 29.9 Å². The molecule has 0 aromatic heterocycles. The first-order valence-corrected chi connectivity index (χ1v) is 43.0. The van der Waals surface area contributed by atoms with Crippen molar-refractivity contribution >= 4 is 77.5 Å². The Balaban J connectivity index is 0.000000129. The number of carbonyl (C=O) groups is 5. The number of nitrogens with two attached hydrogens (primary N) is 1. The number of amides is 2. The summed E-state index contributed by atoms with van der Waals surface area (Å²) in [7, 11) is 0. The van der Waals surface area contributed by atoms with Crippen LogP contribution in [0.2, 0.25) is 0 Å². The van der Waals surface area contributed by atoms with E-state index < -0.39 is 11.9 Å². The van der Waals surface area contributed by atoms with Crippen molar-refractivity contribution in [1.82, 2.24) is 15.1 Å². The van der Waals surface area contributed by atoms with E-state index in [4.69, 9.17) is 15.2 Å². The molecule has 15 fully saturated rings. The quantitative estimate of drug-likeness (QED) is 0.115. The summed E-state index contributed by atoms with van der Waals surface area (Å²) in [6.07, 6.45) is 32.0. The fourth-order valence-electron chi connectivity index (χ4n) is 26.5. The van der Waals surface area contributed by atoms with Gasteiger partial charge in [0, 0.05) is 69.3 Å². The molecule has 3 saturated heterocycles. The largest absolute Gasteiger partial charge is 1.00 e. The second-order valence-electron chi connectivity index (χ2n) is 36.2. The molecule has 3 aromatic rings. The van der Waals surface area contributed by atoms with E-state index in [1.807, 2.05) is 40.7 Å². The van der Waals surface area contributed by atoms with Crippen LogP contribution in [0.25, 0.3) is 0 Å². The Morgan fingerprint density at radius 2 is 0.767 bits per heavy atom. The van der Waals surface area contributed by atoms with Gasteiger partial charge in [-0.05, 0) is 339 Å². The van der Waals surface area contributed by atoms with Crippen LogP contribution in [0.4, 0.5) is 0 Å². The minimum absolute atomic E-state index is 0. The van der Waals surface area contributed by atoms with Gasteiger partial charge >= 0.3 is 36.8 Å². The van der Waals surface area contributed by atoms with Gasteiger partial charge in [-0.25, -0.2) is 0 Å². The molecule has 0 radical (unpaired) electrons. The predicted molar refractivity (Wildman–Crippen MR) is 409 cm³/mol. The van der Waals surface area contributed by atoms with Gasteiger partial charge in [0.1, 0.15) is 0 Å². The number of rotatable bonds is 12. The topological polar surface area (TPSA) is 199 Å². The number of likely N-dealkylation sites (tertiary alicyclic amines) is 2. The van der Waals surface area contributed by atoms with Crippen LogP contribution >= 0.6 is 47.8 Å². The van der Waals surface area contributed by atoms with Crippen LogP contribution in [0.1, 0.15) is 253 Å². The minimum Gasteiger partial charge on any atom is -0.870 e. The van der Waals surface area contributed by atoms with E-state index in [-0.39, 0.29) is 82.1 Å². The zero-order valence-corrected chi connectivity index (χ0v) is 67.5. The number of fused-ring (bicyclic) bond motifs is 6. The van der Waals surface area contributed by atoms with Crippen LogP contribution in [-0.2, 0) is 49.7 Å². The third-order valence-electron chi connectivity index (χ3n) is 30.9. The summed E-state index contributed by atoms with van der Waals surface area (Å²) < 4.78 is 14.1. The molecule has 3 heterocycles. The molecular weight excluding hydrogens is 1480 g/mol. The third-order valence-corrected chi connectivity index (χ3v) is 32.9.